The highest BCUT2D eigenvalue weighted by Gasteiger charge is 2.19. The third kappa shape index (κ3) is 5.35. The average Bonchev–Trinajstić information content (AvgIpc) is 2.26. The maximum atomic E-state index is 12.0. The number of nitrogens with one attached hydrogen (secondary N) is 1. The molecule has 1 aromatic carbocycles. The fraction of sp³-hybridized carbons (Fsp3) is 0.500. The molecule has 1 unspecified atom stereocenters. The van der Waals surface area contributed by atoms with Crippen molar-refractivity contribution in [2.24, 2.45) is 5.92 Å². The number of hydrogen-bond donors (Lipinski definition) is 1. The van der Waals surface area contributed by atoms with Crippen LogP contribution in [0.25, 0.3) is 0 Å². The first-order chi connectivity index (χ1) is 7.94. The molecule has 0 aromatic heterocycles. The van der Waals surface area contributed by atoms with Crippen LogP contribution in [0.2, 0.25) is 0 Å². The summed E-state index contributed by atoms with van der Waals surface area (Å²) in [5, 5.41) is 0. The van der Waals surface area contributed by atoms with Gasteiger partial charge < -0.3 is 0 Å². The molecular weight excluding hydrogens is 349 g/mol. The molecule has 3 nitrogen and oxygen atoms in total. The van der Waals surface area contributed by atoms with E-state index in [1.54, 1.807) is 0 Å². The maximum Gasteiger partial charge on any atom is 0.216 e. The Balaban J connectivity index is 2.70. The summed E-state index contributed by atoms with van der Waals surface area (Å²) in [4.78, 5) is 0. The van der Waals surface area contributed by atoms with Crippen molar-refractivity contribution in [2.75, 3.05) is 4.43 Å². The van der Waals surface area contributed by atoms with Crippen molar-refractivity contribution in [3.63, 3.8) is 0 Å². The monoisotopic (exact) mass is 367 g/mol. The minimum absolute atomic E-state index is 0.00399. The second-order valence-electron chi connectivity index (χ2n) is 4.37. The molecule has 0 aliphatic carbocycles. The Morgan fingerprint density at radius 2 is 1.82 bits per heavy atom. The van der Waals surface area contributed by atoms with E-state index >= 15 is 0 Å². The summed E-state index contributed by atoms with van der Waals surface area (Å²) in [7, 11) is -3.25. The van der Waals surface area contributed by atoms with Gasteiger partial charge in [-0.2, -0.15) is 0 Å². The number of rotatable bonds is 6. The van der Waals surface area contributed by atoms with Gasteiger partial charge in [-0.1, -0.05) is 66.8 Å². The largest absolute Gasteiger partial charge is 0.216 e. The van der Waals surface area contributed by atoms with Gasteiger partial charge in [0.15, 0.2) is 0 Å². The first-order valence-electron chi connectivity index (χ1n) is 5.54. The molecule has 0 amide bonds. The van der Waals surface area contributed by atoms with Crippen molar-refractivity contribution in [3.05, 3.63) is 35.9 Å². The molecule has 0 saturated heterocycles. The molecule has 5 heteroatoms. The van der Waals surface area contributed by atoms with Gasteiger partial charge in [0.25, 0.3) is 0 Å². The first-order valence-corrected chi connectivity index (χ1v) is 8.72. The first kappa shape index (κ1) is 14.9. The van der Waals surface area contributed by atoms with Crippen LogP contribution in [0.4, 0.5) is 0 Å². The van der Waals surface area contributed by atoms with Crippen molar-refractivity contribution >= 4 is 32.6 Å². The molecule has 1 atom stereocenters. The zero-order valence-corrected chi connectivity index (χ0v) is 13.0. The number of sulfonamides is 1. The highest BCUT2D eigenvalue weighted by atomic mass is 127. The van der Waals surface area contributed by atoms with Crippen LogP contribution in [-0.2, 0) is 15.8 Å². The van der Waals surface area contributed by atoms with E-state index in [-0.39, 0.29) is 11.8 Å². The molecule has 1 rings (SSSR count). The van der Waals surface area contributed by atoms with Gasteiger partial charge in [0, 0.05) is 10.5 Å². The van der Waals surface area contributed by atoms with Crippen molar-refractivity contribution in [3.8, 4) is 0 Å². The van der Waals surface area contributed by atoms with Gasteiger partial charge in [0.2, 0.25) is 10.0 Å². The molecule has 0 heterocycles. The molecule has 0 aliphatic heterocycles. The lowest BCUT2D eigenvalue weighted by atomic mass is 10.1. The Kier molecular flexibility index (Phi) is 5.88. The highest BCUT2D eigenvalue weighted by molar-refractivity contribution is 14.1. The second-order valence-corrected chi connectivity index (χ2v) is 7.00. The van der Waals surface area contributed by atoms with Gasteiger partial charge in [-0.25, -0.2) is 13.1 Å². The van der Waals surface area contributed by atoms with Crippen LogP contribution < -0.4 is 4.72 Å². The average molecular weight is 367 g/mol. The Bertz CT molecular complexity index is 431. The van der Waals surface area contributed by atoms with Gasteiger partial charge >= 0.3 is 0 Å². The van der Waals surface area contributed by atoms with E-state index in [1.165, 1.54) is 0 Å². The molecule has 0 saturated carbocycles. The third-order valence-corrected chi connectivity index (χ3v) is 4.83. The molecule has 0 aliphatic rings. The van der Waals surface area contributed by atoms with Crippen molar-refractivity contribution < 1.29 is 8.42 Å². The topological polar surface area (TPSA) is 46.2 Å². The SMILES string of the molecule is CC(C)C(CI)NS(=O)(=O)Cc1ccccc1. The summed E-state index contributed by atoms with van der Waals surface area (Å²) in [5.74, 6) is 0.352. The van der Waals surface area contributed by atoms with Crippen LogP contribution in [-0.4, -0.2) is 18.9 Å². The van der Waals surface area contributed by atoms with Crippen molar-refractivity contribution in [1.29, 1.82) is 0 Å². The number of benzene rings is 1. The molecule has 0 bridgehead atoms. The van der Waals surface area contributed by atoms with Crippen LogP contribution in [0.15, 0.2) is 30.3 Å². The normalized spacial score (nSPS) is 13.9. The summed E-state index contributed by atoms with van der Waals surface area (Å²) < 4.78 is 27.5. The minimum atomic E-state index is -3.25. The maximum absolute atomic E-state index is 12.0. The molecule has 0 fully saturated rings. The Morgan fingerprint density at radius 1 is 1.24 bits per heavy atom. The number of alkyl halides is 1. The second kappa shape index (κ2) is 6.70. The quantitative estimate of drug-likeness (QED) is 0.621. The van der Waals surface area contributed by atoms with E-state index in [4.69, 9.17) is 0 Å². The minimum Gasteiger partial charge on any atom is -0.212 e. The summed E-state index contributed by atoms with van der Waals surface area (Å²) in [5.41, 5.74) is 0.816. The van der Waals surface area contributed by atoms with E-state index in [2.05, 4.69) is 27.3 Å². The Labute approximate surface area is 117 Å². The van der Waals surface area contributed by atoms with E-state index < -0.39 is 10.0 Å². The van der Waals surface area contributed by atoms with E-state index in [0.29, 0.717) is 5.92 Å². The molecule has 0 radical (unpaired) electrons. The fourth-order valence-electron chi connectivity index (χ4n) is 1.41. The van der Waals surface area contributed by atoms with E-state index in [1.807, 2.05) is 44.2 Å². The number of halogens is 1. The van der Waals surface area contributed by atoms with Crippen LogP contribution in [0, 0.1) is 5.92 Å². The van der Waals surface area contributed by atoms with Gasteiger partial charge in [-0.05, 0) is 11.5 Å². The summed E-state index contributed by atoms with van der Waals surface area (Å²) in [6.07, 6.45) is 0. The van der Waals surface area contributed by atoms with Gasteiger partial charge in [0.05, 0.1) is 5.75 Å². The third-order valence-electron chi connectivity index (χ3n) is 2.50. The molecule has 1 aromatic rings. The lowest BCUT2D eigenvalue weighted by molar-refractivity contribution is 0.485. The van der Waals surface area contributed by atoms with Crippen LogP contribution in [0.1, 0.15) is 19.4 Å². The summed E-state index contributed by atoms with van der Waals surface area (Å²) in [6.45, 7) is 4.04. The zero-order valence-electron chi connectivity index (χ0n) is 10.1. The van der Waals surface area contributed by atoms with Crippen LogP contribution in [0.5, 0.6) is 0 Å². The highest BCUT2D eigenvalue weighted by Crippen LogP contribution is 2.10. The van der Waals surface area contributed by atoms with Gasteiger partial charge in [-0.3, -0.25) is 0 Å². The lowest BCUT2D eigenvalue weighted by Crippen LogP contribution is -2.40. The summed E-state index contributed by atoms with van der Waals surface area (Å²) in [6, 6.07) is 9.24. The van der Waals surface area contributed by atoms with Gasteiger partial charge in [0.1, 0.15) is 0 Å². The fourth-order valence-corrected chi connectivity index (χ4v) is 4.48. The smallest absolute Gasteiger partial charge is 0.212 e. The molecule has 1 N–H and O–H groups in total. The van der Waals surface area contributed by atoms with Crippen LogP contribution >= 0.6 is 22.6 Å². The Morgan fingerprint density at radius 3 is 2.29 bits per heavy atom. The number of hydrogen-bond acceptors (Lipinski definition) is 2. The van der Waals surface area contributed by atoms with Crippen molar-refractivity contribution in [2.45, 2.75) is 25.6 Å². The molecular formula is C12H18INO2S. The van der Waals surface area contributed by atoms with Gasteiger partial charge in [-0.15, -0.1) is 0 Å². The van der Waals surface area contributed by atoms with E-state index in [9.17, 15) is 8.42 Å². The zero-order chi connectivity index (χ0) is 12.9. The standard InChI is InChI=1S/C12H18INO2S/c1-10(2)12(8-13)14-17(15,16)9-11-6-4-3-5-7-11/h3-7,10,12,14H,8-9H2,1-2H3. The van der Waals surface area contributed by atoms with Crippen LogP contribution in [0.3, 0.4) is 0 Å². The van der Waals surface area contributed by atoms with E-state index in [0.717, 1.165) is 9.99 Å². The predicted octanol–water partition coefficient (Wildman–Crippen LogP) is 2.57. The van der Waals surface area contributed by atoms with Crippen molar-refractivity contribution in [1.82, 2.24) is 4.72 Å². The summed E-state index contributed by atoms with van der Waals surface area (Å²) >= 11 is 2.21. The lowest BCUT2D eigenvalue weighted by Gasteiger charge is -2.19. The molecule has 0 spiro atoms. The molecule has 17 heavy (non-hydrogen) atoms. The molecule has 96 valence electrons. The predicted molar refractivity (Wildman–Crippen MR) is 79.7 cm³/mol. The Hall–Kier alpha value is -0.140.